The van der Waals surface area contributed by atoms with Crippen molar-refractivity contribution in [2.75, 3.05) is 44.2 Å². The lowest BCUT2D eigenvalue weighted by molar-refractivity contribution is 0.188. The molecule has 1 fully saturated rings. The molecule has 1 aliphatic heterocycles. The molecule has 1 unspecified atom stereocenters. The summed E-state index contributed by atoms with van der Waals surface area (Å²) in [6.45, 7) is 7.08. The Bertz CT molecular complexity index is 373. The first-order valence-electron chi connectivity index (χ1n) is 6.65. The minimum atomic E-state index is 0.0664. The van der Waals surface area contributed by atoms with Crippen molar-refractivity contribution in [2.24, 2.45) is 5.73 Å². The number of hydrogen-bond acceptors (Lipinski definition) is 4. The molecule has 0 aliphatic carbocycles. The average Bonchev–Trinajstić information content (AvgIpc) is 2.40. The smallest absolute Gasteiger partial charge is 0.0558 e. The normalized spacial score (nSPS) is 18.9. The Kier molecular flexibility index (Phi) is 4.58. The minimum Gasteiger partial charge on any atom is -0.395 e. The summed E-state index contributed by atoms with van der Waals surface area (Å²) in [4.78, 5) is 4.69. The summed E-state index contributed by atoms with van der Waals surface area (Å²) in [5.74, 6) is 0. The maximum absolute atomic E-state index is 8.95. The number of benzene rings is 1. The zero-order chi connectivity index (χ0) is 13.0. The minimum absolute atomic E-state index is 0.0664. The summed E-state index contributed by atoms with van der Waals surface area (Å²) in [5, 5.41) is 8.95. The topological polar surface area (TPSA) is 52.7 Å². The monoisotopic (exact) mass is 249 g/mol. The van der Waals surface area contributed by atoms with Crippen LogP contribution in [-0.2, 0) is 0 Å². The first kappa shape index (κ1) is 13.3. The SMILES string of the molecule is CC(N)c1ccccc1N1CCN(CCO)CC1. The molecule has 0 aromatic heterocycles. The van der Waals surface area contributed by atoms with Gasteiger partial charge in [-0.05, 0) is 18.6 Å². The summed E-state index contributed by atoms with van der Waals surface area (Å²) in [6.07, 6.45) is 0. The molecule has 18 heavy (non-hydrogen) atoms. The van der Waals surface area contributed by atoms with Gasteiger partial charge in [0.1, 0.15) is 0 Å². The van der Waals surface area contributed by atoms with Gasteiger partial charge in [-0.1, -0.05) is 18.2 Å². The Balaban J connectivity index is 2.05. The van der Waals surface area contributed by atoms with E-state index in [4.69, 9.17) is 10.8 Å². The van der Waals surface area contributed by atoms with Crippen molar-refractivity contribution in [1.82, 2.24) is 4.90 Å². The number of piperazine rings is 1. The van der Waals surface area contributed by atoms with Crippen molar-refractivity contribution in [3.05, 3.63) is 29.8 Å². The van der Waals surface area contributed by atoms with Crippen molar-refractivity contribution in [1.29, 1.82) is 0 Å². The molecule has 2 rings (SSSR count). The van der Waals surface area contributed by atoms with Gasteiger partial charge in [-0.25, -0.2) is 0 Å². The predicted octanol–water partition coefficient (Wildman–Crippen LogP) is 0.821. The van der Waals surface area contributed by atoms with Gasteiger partial charge in [0.2, 0.25) is 0 Å². The maximum atomic E-state index is 8.95. The number of anilines is 1. The van der Waals surface area contributed by atoms with Crippen LogP contribution >= 0.6 is 0 Å². The molecular formula is C14H23N3O. The van der Waals surface area contributed by atoms with Crippen molar-refractivity contribution in [3.8, 4) is 0 Å². The summed E-state index contributed by atoms with van der Waals surface area (Å²) >= 11 is 0. The second kappa shape index (κ2) is 6.18. The maximum Gasteiger partial charge on any atom is 0.0558 e. The van der Waals surface area contributed by atoms with Crippen LogP contribution in [-0.4, -0.2) is 49.3 Å². The van der Waals surface area contributed by atoms with Gasteiger partial charge in [0, 0.05) is 44.5 Å². The lowest BCUT2D eigenvalue weighted by Crippen LogP contribution is -2.47. The quantitative estimate of drug-likeness (QED) is 0.829. The van der Waals surface area contributed by atoms with Crippen molar-refractivity contribution in [3.63, 3.8) is 0 Å². The third kappa shape index (κ3) is 3.02. The predicted molar refractivity (Wildman–Crippen MR) is 74.8 cm³/mol. The van der Waals surface area contributed by atoms with E-state index in [0.717, 1.165) is 32.7 Å². The van der Waals surface area contributed by atoms with Gasteiger partial charge in [-0.15, -0.1) is 0 Å². The van der Waals surface area contributed by atoms with E-state index in [0.29, 0.717) is 0 Å². The largest absolute Gasteiger partial charge is 0.395 e. The Morgan fingerprint density at radius 3 is 2.50 bits per heavy atom. The van der Waals surface area contributed by atoms with Crippen LogP contribution in [0.4, 0.5) is 5.69 Å². The van der Waals surface area contributed by atoms with Crippen molar-refractivity contribution < 1.29 is 5.11 Å². The average molecular weight is 249 g/mol. The number of β-amino-alcohol motifs (C(OH)–C–C–N with tert-alkyl or cyclic N) is 1. The highest BCUT2D eigenvalue weighted by atomic mass is 16.3. The molecule has 1 aromatic carbocycles. The van der Waals surface area contributed by atoms with Gasteiger partial charge in [0.05, 0.1) is 6.61 Å². The molecule has 1 aromatic rings. The number of para-hydroxylation sites is 1. The van der Waals surface area contributed by atoms with E-state index in [1.807, 2.05) is 13.0 Å². The molecule has 0 radical (unpaired) electrons. The number of aliphatic hydroxyl groups is 1. The summed E-state index contributed by atoms with van der Waals surface area (Å²) < 4.78 is 0. The molecule has 0 saturated carbocycles. The van der Waals surface area contributed by atoms with Gasteiger partial charge in [0.25, 0.3) is 0 Å². The first-order chi connectivity index (χ1) is 8.72. The van der Waals surface area contributed by atoms with E-state index in [9.17, 15) is 0 Å². The fourth-order valence-electron chi connectivity index (χ4n) is 2.51. The number of rotatable bonds is 4. The Morgan fingerprint density at radius 1 is 1.22 bits per heavy atom. The summed E-state index contributed by atoms with van der Waals surface area (Å²) in [6, 6.07) is 8.45. The van der Waals surface area contributed by atoms with Crippen LogP contribution in [0.2, 0.25) is 0 Å². The number of aliphatic hydroxyl groups excluding tert-OH is 1. The van der Waals surface area contributed by atoms with Crippen LogP contribution in [0.5, 0.6) is 0 Å². The number of hydrogen-bond donors (Lipinski definition) is 2. The van der Waals surface area contributed by atoms with Crippen LogP contribution in [0.3, 0.4) is 0 Å². The van der Waals surface area contributed by atoms with Gasteiger partial charge in [0.15, 0.2) is 0 Å². The molecule has 1 aliphatic rings. The lowest BCUT2D eigenvalue weighted by Gasteiger charge is -2.37. The van der Waals surface area contributed by atoms with E-state index in [1.165, 1.54) is 11.3 Å². The van der Waals surface area contributed by atoms with E-state index in [-0.39, 0.29) is 12.6 Å². The molecule has 4 heteroatoms. The molecule has 1 atom stereocenters. The van der Waals surface area contributed by atoms with Crippen LogP contribution in [0.1, 0.15) is 18.5 Å². The van der Waals surface area contributed by atoms with Gasteiger partial charge >= 0.3 is 0 Å². The third-order valence-corrected chi connectivity index (χ3v) is 3.56. The Morgan fingerprint density at radius 2 is 1.89 bits per heavy atom. The van der Waals surface area contributed by atoms with E-state index >= 15 is 0 Å². The summed E-state index contributed by atoms with van der Waals surface area (Å²) in [7, 11) is 0. The number of nitrogens with zero attached hydrogens (tertiary/aromatic N) is 2. The molecule has 1 heterocycles. The molecular weight excluding hydrogens is 226 g/mol. The fourth-order valence-corrected chi connectivity index (χ4v) is 2.51. The van der Waals surface area contributed by atoms with E-state index in [2.05, 4.69) is 28.0 Å². The zero-order valence-electron chi connectivity index (χ0n) is 11.0. The molecule has 1 saturated heterocycles. The van der Waals surface area contributed by atoms with E-state index < -0.39 is 0 Å². The molecule has 3 N–H and O–H groups in total. The van der Waals surface area contributed by atoms with Gasteiger partial charge in [-0.3, -0.25) is 4.90 Å². The molecule has 0 bridgehead atoms. The van der Waals surface area contributed by atoms with E-state index in [1.54, 1.807) is 0 Å². The summed E-state index contributed by atoms with van der Waals surface area (Å²) in [5.41, 5.74) is 8.50. The Hall–Kier alpha value is -1.10. The van der Waals surface area contributed by atoms with Crippen LogP contribution < -0.4 is 10.6 Å². The standard InChI is InChI=1S/C14H23N3O/c1-12(15)13-4-2-3-5-14(13)17-8-6-16(7-9-17)10-11-18/h2-5,12,18H,6-11,15H2,1H3. The lowest BCUT2D eigenvalue weighted by atomic mass is 10.1. The highest BCUT2D eigenvalue weighted by Gasteiger charge is 2.19. The highest BCUT2D eigenvalue weighted by Crippen LogP contribution is 2.25. The first-order valence-corrected chi connectivity index (χ1v) is 6.65. The number of nitrogens with two attached hydrogens (primary N) is 1. The van der Waals surface area contributed by atoms with Crippen molar-refractivity contribution >= 4 is 5.69 Å². The third-order valence-electron chi connectivity index (χ3n) is 3.56. The Labute approximate surface area is 109 Å². The molecule has 0 spiro atoms. The molecule has 0 amide bonds. The molecule has 4 nitrogen and oxygen atoms in total. The zero-order valence-corrected chi connectivity index (χ0v) is 11.0. The van der Waals surface area contributed by atoms with Crippen LogP contribution in [0.25, 0.3) is 0 Å². The van der Waals surface area contributed by atoms with Crippen molar-refractivity contribution in [2.45, 2.75) is 13.0 Å². The highest BCUT2D eigenvalue weighted by molar-refractivity contribution is 5.55. The molecule has 100 valence electrons. The van der Waals surface area contributed by atoms with Crippen LogP contribution in [0, 0.1) is 0 Å². The second-order valence-electron chi connectivity index (χ2n) is 4.90. The van der Waals surface area contributed by atoms with Gasteiger partial charge < -0.3 is 15.7 Å². The fraction of sp³-hybridized carbons (Fsp3) is 0.571. The van der Waals surface area contributed by atoms with Gasteiger partial charge in [-0.2, -0.15) is 0 Å². The second-order valence-corrected chi connectivity index (χ2v) is 4.90. The van der Waals surface area contributed by atoms with Crippen LogP contribution in [0.15, 0.2) is 24.3 Å².